The molecule has 0 saturated carbocycles. The maximum Gasteiger partial charge on any atom is 0.230 e. The molecule has 1 aromatic rings. The number of carbonyl (C=O) groups is 2. The van der Waals surface area contributed by atoms with E-state index in [1.54, 1.807) is 29.3 Å². The maximum absolute atomic E-state index is 13.1. The second-order valence-electron chi connectivity index (χ2n) is 8.66. The van der Waals surface area contributed by atoms with Crippen molar-refractivity contribution >= 4 is 23.2 Å². The van der Waals surface area contributed by atoms with Crippen molar-refractivity contribution in [2.75, 3.05) is 43.5 Å². The summed E-state index contributed by atoms with van der Waals surface area (Å²) >= 11 is 0. The number of aromatic nitrogens is 1. The van der Waals surface area contributed by atoms with E-state index < -0.39 is 0 Å². The highest BCUT2D eigenvalue weighted by molar-refractivity contribution is 5.98. The summed E-state index contributed by atoms with van der Waals surface area (Å²) in [6, 6.07) is 4.54. The maximum atomic E-state index is 13.1. The molecule has 2 saturated heterocycles. The van der Waals surface area contributed by atoms with Crippen LogP contribution in [0.25, 0.3) is 0 Å². The molecule has 2 aliphatic rings. The summed E-state index contributed by atoms with van der Waals surface area (Å²) in [6.07, 6.45) is 10.2. The second-order valence-corrected chi connectivity index (χ2v) is 8.66. The van der Waals surface area contributed by atoms with Crippen molar-refractivity contribution in [1.29, 1.82) is 0 Å². The fourth-order valence-electron chi connectivity index (χ4n) is 4.42. The van der Waals surface area contributed by atoms with Crippen LogP contribution in [0.15, 0.2) is 55.3 Å². The number of piperidine rings is 1. The SMILES string of the molecule is C=C/C=C(\C=C)CC(=O)C[C@@H]1CCCN(c2ccc(N3CCC(N(C)C)C3)nc2)C1=O. The average Bonchev–Trinajstić information content (AvgIpc) is 3.26. The number of Topliss-reactive ketones (excluding diaryl/α,β-unsaturated/α-hetero) is 1. The lowest BCUT2D eigenvalue weighted by Gasteiger charge is -2.32. The molecule has 2 fully saturated rings. The van der Waals surface area contributed by atoms with Crippen LogP contribution in [0, 0.1) is 5.92 Å². The summed E-state index contributed by atoms with van der Waals surface area (Å²) in [6.45, 7) is 10.0. The van der Waals surface area contributed by atoms with Crippen molar-refractivity contribution in [3.8, 4) is 0 Å². The smallest absolute Gasteiger partial charge is 0.230 e. The number of hydrogen-bond donors (Lipinski definition) is 0. The summed E-state index contributed by atoms with van der Waals surface area (Å²) in [5, 5.41) is 0. The zero-order valence-electron chi connectivity index (χ0n) is 18.8. The molecule has 0 aromatic carbocycles. The molecule has 2 aliphatic heterocycles. The van der Waals surface area contributed by atoms with Gasteiger partial charge in [0.15, 0.2) is 0 Å². The molecule has 166 valence electrons. The monoisotopic (exact) mass is 422 g/mol. The first-order valence-corrected chi connectivity index (χ1v) is 11.1. The van der Waals surface area contributed by atoms with Crippen LogP contribution in [0.3, 0.4) is 0 Å². The Bertz CT molecular complexity index is 844. The first-order chi connectivity index (χ1) is 14.9. The minimum Gasteiger partial charge on any atom is -0.355 e. The zero-order chi connectivity index (χ0) is 22.4. The highest BCUT2D eigenvalue weighted by atomic mass is 16.2. The van der Waals surface area contributed by atoms with E-state index in [9.17, 15) is 9.59 Å². The summed E-state index contributed by atoms with van der Waals surface area (Å²) in [5.41, 5.74) is 1.64. The van der Waals surface area contributed by atoms with E-state index in [4.69, 9.17) is 0 Å². The van der Waals surface area contributed by atoms with Crippen LogP contribution in [-0.4, -0.2) is 61.3 Å². The molecule has 1 aromatic heterocycles. The Hall–Kier alpha value is -2.73. The molecule has 2 atom stereocenters. The van der Waals surface area contributed by atoms with E-state index in [1.807, 2.05) is 12.1 Å². The summed E-state index contributed by atoms with van der Waals surface area (Å²) < 4.78 is 0. The molecule has 0 bridgehead atoms. The van der Waals surface area contributed by atoms with Crippen LogP contribution in [-0.2, 0) is 9.59 Å². The lowest BCUT2D eigenvalue weighted by molar-refractivity contribution is -0.128. The number of nitrogens with zero attached hydrogens (tertiary/aromatic N) is 4. The van der Waals surface area contributed by atoms with Crippen LogP contribution < -0.4 is 9.80 Å². The Morgan fingerprint density at radius 3 is 2.68 bits per heavy atom. The fourth-order valence-corrected chi connectivity index (χ4v) is 4.42. The number of ketones is 1. The number of likely N-dealkylation sites (N-methyl/N-ethyl adjacent to an activating group) is 1. The topological polar surface area (TPSA) is 56.8 Å². The quantitative estimate of drug-likeness (QED) is 0.569. The molecule has 1 amide bonds. The van der Waals surface area contributed by atoms with Crippen LogP contribution in [0.1, 0.15) is 32.1 Å². The molecule has 31 heavy (non-hydrogen) atoms. The van der Waals surface area contributed by atoms with Gasteiger partial charge in [0.25, 0.3) is 0 Å². The van der Waals surface area contributed by atoms with Gasteiger partial charge in [0, 0.05) is 44.4 Å². The van der Waals surface area contributed by atoms with E-state index in [1.165, 1.54) is 0 Å². The minimum atomic E-state index is -0.268. The summed E-state index contributed by atoms with van der Waals surface area (Å²) in [5.74, 6) is 0.771. The number of amides is 1. The second kappa shape index (κ2) is 10.5. The van der Waals surface area contributed by atoms with Gasteiger partial charge in [-0.2, -0.15) is 0 Å². The van der Waals surface area contributed by atoms with Gasteiger partial charge >= 0.3 is 0 Å². The van der Waals surface area contributed by atoms with Gasteiger partial charge in [0.2, 0.25) is 5.91 Å². The Labute approximate surface area is 185 Å². The molecule has 1 unspecified atom stereocenters. The third-order valence-electron chi connectivity index (χ3n) is 6.28. The van der Waals surface area contributed by atoms with Gasteiger partial charge in [-0.3, -0.25) is 9.59 Å². The van der Waals surface area contributed by atoms with Crippen molar-refractivity contribution < 1.29 is 9.59 Å². The van der Waals surface area contributed by atoms with Crippen LogP contribution in [0.2, 0.25) is 0 Å². The van der Waals surface area contributed by atoms with Crippen molar-refractivity contribution in [1.82, 2.24) is 9.88 Å². The van der Waals surface area contributed by atoms with Crippen molar-refractivity contribution in [2.45, 2.75) is 38.1 Å². The summed E-state index contributed by atoms with van der Waals surface area (Å²) in [7, 11) is 4.23. The Kier molecular flexibility index (Phi) is 7.80. The van der Waals surface area contributed by atoms with Crippen LogP contribution in [0.5, 0.6) is 0 Å². The van der Waals surface area contributed by atoms with E-state index in [-0.39, 0.29) is 24.0 Å². The summed E-state index contributed by atoms with van der Waals surface area (Å²) in [4.78, 5) is 36.6. The number of carbonyl (C=O) groups excluding carboxylic acids is 2. The van der Waals surface area contributed by atoms with Gasteiger partial charge < -0.3 is 14.7 Å². The molecular weight excluding hydrogens is 388 g/mol. The highest BCUT2D eigenvalue weighted by Gasteiger charge is 2.31. The Morgan fingerprint density at radius 2 is 2.06 bits per heavy atom. The minimum absolute atomic E-state index is 0.0239. The zero-order valence-corrected chi connectivity index (χ0v) is 18.8. The molecule has 6 heteroatoms. The number of rotatable bonds is 9. The van der Waals surface area contributed by atoms with Gasteiger partial charge in [0.05, 0.1) is 11.9 Å². The normalized spacial score (nSPS) is 22.2. The van der Waals surface area contributed by atoms with E-state index >= 15 is 0 Å². The molecule has 3 heterocycles. The number of anilines is 2. The molecule has 0 N–H and O–H groups in total. The molecule has 0 radical (unpaired) electrons. The third kappa shape index (κ3) is 5.70. The average molecular weight is 423 g/mol. The van der Waals surface area contributed by atoms with Gasteiger partial charge in [-0.15, -0.1) is 0 Å². The van der Waals surface area contributed by atoms with Gasteiger partial charge in [-0.25, -0.2) is 4.98 Å². The molecule has 0 aliphatic carbocycles. The molecule has 0 spiro atoms. The van der Waals surface area contributed by atoms with E-state index in [2.05, 4.69) is 42.0 Å². The standard InChI is InChI=1S/C25H34N4O2/c1-5-8-19(6-2)15-23(30)16-20-9-7-13-29(25(20)31)21-10-11-24(26-17-21)28-14-12-22(18-28)27(3)4/h5-6,8,10-11,17,20,22H,1-2,7,9,12-16,18H2,3-4H3/b19-8+/t20-,22?/m0/s1. The van der Waals surface area contributed by atoms with Gasteiger partial charge in [0.1, 0.15) is 11.6 Å². The molecular formula is C25H34N4O2. The lowest BCUT2D eigenvalue weighted by Crippen LogP contribution is -2.42. The Balaban J connectivity index is 1.62. The van der Waals surface area contributed by atoms with E-state index in [0.717, 1.165) is 49.4 Å². The predicted molar refractivity (Wildman–Crippen MR) is 126 cm³/mol. The Morgan fingerprint density at radius 1 is 1.26 bits per heavy atom. The van der Waals surface area contributed by atoms with Crippen molar-refractivity contribution in [3.63, 3.8) is 0 Å². The van der Waals surface area contributed by atoms with E-state index in [0.29, 0.717) is 19.0 Å². The third-order valence-corrected chi connectivity index (χ3v) is 6.28. The van der Waals surface area contributed by atoms with Crippen LogP contribution >= 0.6 is 0 Å². The predicted octanol–water partition coefficient (Wildman–Crippen LogP) is 3.61. The largest absolute Gasteiger partial charge is 0.355 e. The van der Waals surface area contributed by atoms with Gasteiger partial charge in [-0.1, -0.05) is 31.4 Å². The van der Waals surface area contributed by atoms with Crippen molar-refractivity contribution in [3.05, 3.63) is 55.3 Å². The molecule has 3 rings (SSSR count). The first-order valence-electron chi connectivity index (χ1n) is 11.1. The number of pyridine rings is 1. The number of allylic oxidation sites excluding steroid dienone is 4. The highest BCUT2D eigenvalue weighted by Crippen LogP contribution is 2.28. The lowest BCUT2D eigenvalue weighted by atomic mass is 9.90. The van der Waals surface area contributed by atoms with Crippen molar-refractivity contribution in [2.24, 2.45) is 5.92 Å². The fraction of sp³-hybridized carbons (Fsp3) is 0.480. The molecule has 6 nitrogen and oxygen atoms in total. The van der Waals surface area contributed by atoms with Gasteiger partial charge in [-0.05, 0) is 51.1 Å². The van der Waals surface area contributed by atoms with Crippen LogP contribution in [0.4, 0.5) is 11.5 Å². The first kappa shape index (κ1) is 22.9. The number of hydrogen-bond acceptors (Lipinski definition) is 5.